The highest BCUT2D eigenvalue weighted by molar-refractivity contribution is 6.31. The molecular formula is C15H19ClN2O3. The lowest BCUT2D eigenvalue weighted by molar-refractivity contribution is -0.385. The van der Waals surface area contributed by atoms with Gasteiger partial charge in [-0.25, -0.2) is 0 Å². The molecule has 1 aliphatic heterocycles. The minimum absolute atomic E-state index is 0.0765. The molecule has 114 valence electrons. The first kappa shape index (κ1) is 15.8. The second kappa shape index (κ2) is 6.02. The van der Waals surface area contributed by atoms with Gasteiger partial charge in [0.25, 0.3) is 11.6 Å². The lowest BCUT2D eigenvalue weighted by atomic mass is 9.78. The fraction of sp³-hybridized carbons (Fsp3) is 0.533. The van der Waals surface area contributed by atoms with Gasteiger partial charge in [0.05, 0.1) is 4.92 Å². The average molecular weight is 311 g/mol. The van der Waals surface area contributed by atoms with Crippen molar-refractivity contribution in [3.05, 3.63) is 38.9 Å². The van der Waals surface area contributed by atoms with E-state index in [2.05, 4.69) is 13.8 Å². The molecule has 1 aromatic rings. The Morgan fingerprint density at radius 2 is 2.05 bits per heavy atom. The minimum Gasteiger partial charge on any atom is -0.338 e. The molecule has 1 aliphatic rings. The fourth-order valence-electron chi connectivity index (χ4n) is 2.61. The molecule has 6 heteroatoms. The van der Waals surface area contributed by atoms with Crippen LogP contribution in [0.1, 0.15) is 43.5 Å². The van der Waals surface area contributed by atoms with Gasteiger partial charge in [-0.15, -0.1) is 0 Å². The Morgan fingerprint density at radius 3 is 2.57 bits per heavy atom. The van der Waals surface area contributed by atoms with E-state index in [9.17, 15) is 14.9 Å². The van der Waals surface area contributed by atoms with Crippen LogP contribution in [0.3, 0.4) is 0 Å². The highest BCUT2D eigenvalue weighted by Crippen LogP contribution is 2.35. The van der Waals surface area contributed by atoms with Gasteiger partial charge >= 0.3 is 0 Å². The molecule has 0 N–H and O–H groups in total. The molecular weight excluding hydrogens is 292 g/mol. The second-order valence-electron chi connectivity index (χ2n) is 5.87. The summed E-state index contributed by atoms with van der Waals surface area (Å²) in [5.74, 6) is -0.303. The van der Waals surface area contributed by atoms with Gasteiger partial charge in [0.15, 0.2) is 0 Å². The zero-order valence-corrected chi connectivity index (χ0v) is 13.0. The van der Waals surface area contributed by atoms with Crippen molar-refractivity contribution in [2.45, 2.75) is 33.1 Å². The number of likely N-dealkylation sites (tertiary alicyclic amines) is 1. The number of rotatable bonds is 3. The fourth-order valence-corrected chi connectivity index (χ4v) is 2.78. The second-order valence-corrected chi connectivity index (χ2v) is 6.31. The Bertz CT molecular complexity index is 566. The molecule has 0 unspecified atom stereocenters. The van der Waals surface area contributed by atoms with Crippen LogP contribution >= 0.6 is 11.6 Å². The van der Waals surface area contributed by atoms with Gasteiger partial charge < -0.3 is 4.90 Å². The van der Waals surface area contributed by atoms with Crippen LogP contribution in [0.2, 0.25) is 5.02 Å². The Kier molecular flexibility index (Phi) is 4.52. The van der Waals surface area contributed by atoms with E-state index in [0.717, 1.165) is 19.3 Å². The average Bonchev–Trinajstić information content (AvgIpc) is 2.47. The number of nitro benzene ring substituents is 1. The minimum atomic E-state index is -0.538. The van der Waals surface area contributed by atoms with Gasteiger partial charge in [0.2, 0.25) is 0 Å². The molecule has 0 radical (unpaired) electrons. The van der Waals surface area contributed by atoms with Crippen LogP contribution in [-0.2, 0) is 0 Å². The van der Waals surface area contributed by atoms with Gasteiger partial charge in [0, 0.05) is 24.2 Å². The van der Waals surface area contributed by atoms with Crippen molar-refractivity contribution >= 4 is 23.2 Å². The summed E-state index contributed by atoms with van der Waals surface area (Å²) >= 11 is 5.88. The number of nitro groups is 1. The molecule has 1 heterocycles. The quantitative estimate of drug-likeness (QED) is 0.628. The van der Waals surface area contributed by atoms with Gasteiger partial charge in [0.1, 0.15) is 5.56 Å². The topological polar surface area (TPSA) is 63.5 Å². The summed E-state index contributed by atoms with van der Waals surface area (Å²) in [5, 5.41) is 11.4. The third-order valence-electron chi connectivity index (χ3n) is 4.50. The Hall–Kier alpha value is -1.62. The first-order valence-electron chi connectivity index (χ1n) is 7.09. The molecule has 1 aromatic carbocycles. The number of hydrogen-bond donors (Lipinski definition) is 0. The number of benzene rings is 1. The number of nitrogens with zero attached hydrogens (tertiary/aromatic N) is 2. The van der Waals surface area contributed by atoms with Crippen LogP contribution in [0.25, 0.3) is 0 Å². The number of carbonyl (C=O) groups is 1. The first-order chi connectivity index (χ1) is 9.86. The van der Waals surface area contributed by atoms with Crippen molar-refractivity contribution in [2.75, 3.05) is 13.1 Å². The van der Waals surface area contributed by atoms with Crippen molar-refractivity contribution in [3.8, 4) is 0 Å². The van der Waals surface area contributed by atoms with Gasteiger partial charge in [-0.1, -0.05) is 31.9 Å². The van der Waals surface area contributed by atoms with Crippen molar-refractivity contribution < 1.29 is 9.72 Å². The summed E-state index contributed by atoms with van der Waals surface area (Å²) < 4.78 is 0. The summed E-state index contributed by atoms with van der Waals surface area (Å²) in [6.45, 7) is 5.63. The number of hydrogen-bond acceptors (Lipinski definition) is 3. The molecule has 1 fully saturated rings. The number of amides is 1. The zero-order valence-electron chi connectivity index (χ0n) is 12.3. The van der Waals surface area contributed by atoms with Crippen molar-refractivity contribution in [1.82, 2.24) is 4.90 Å². The molecule has 21 heavy (non-hydrogen) atoms. The maximum atomic E-state index is 12.5. The maximum Gasteiger partial charge on any atom is 0.282 e. The summed E-state index contributed by atoms with van der Waals surface area (Å²) in [6, 6.07) is 4.10. The Labute approximate surface area is 129 Å². The van der Waals surface area contributed by atoms with E-state index in [4.69, 9.17) is 11.6 Å². The molecule has 0 aromatic heterocycles. The van der Waals surface area contributed by atoms with Gasteiger partial charge in [-0.2, -0.15) is 0 Å². The third-order valence-corrected chi connectivity index (χ3v) is 4.73. The van der Waals surface area contributed by atoms with Crippen LogP contribution in [0, 0.1) is 15.5 Å². The third kappa shape index (κ3) is 3.35. The Morgan fingerprint density at radius 1 is 1.43 bits per heavy atom. The van der Waals surface area contributed by atoms with Crippen LogP contribution in [0.4, 0.5) is 5.69 Å². The van der Waals surface area contributed by atoms with E-state index < -0.39 is 4.92 Å². The smallest absolute Gasteiger partial charge is 0.282 e. The monoisotopic (exact) mass is 310 g/mol. The van der Waals surface area contributed by atoms with Crippen molar-refractivity contribution in [2.24, 2.45) is 5.41 Å². The van der Waals surface area contributed by atoms with E-state index in [-0.39, 0.29) is 22.6 Å². The molecule has 0 saturated carbocycles. The van der Waals surface area contributed by atoms with E-state index in [1.807, 2.05) is 0 Å². The molecule has 0 spiro atoms. The van der Waals surface area contributed by atoms with Crippen LogP contribution in [0.15, 0.2) is 18.2 Å². The highest BCUT2D eigenvalue weighted by atomic mass is 35.5. The van der Waals surface area contributed by atoms with E-state index in [1.54, 1.807) is 4.90 Å². The normalized spacial score (nSPS) is 17.6. The predicted molar refractivity (Wildman–Crippen MR) is 81.6 cm³/mol. The Balaban J connectivity index is 2.22. The van der Waals surface area contributed by atoms with Crippen LogP contribution < -0.4 is 0 Å². The van der Waals surface area contributed by atoms with Crippen LogP contribution in [-0.4, -0.2) is 28.8 Å². The lowest BCUT2D eigenvalue weighted by Crippen LogP contribution is -2.42. The summed E-state index contributed by atoms with van der Waals surface area (Å²) in [6.07, 6.45) is 2.92. The summed E-state index contributed by atoms with van der Waals surface area (Å²) in [5.41, 5.74) is 0.151. The molecule has 0 bridgehead atoms. The largest absolute Gasteiger partial charge is 0.338 e. The van der Waals surface area contributed by atoms with Gasteiger partial charge in [-0.05, 0) is 30.4 Å². The maximum absolute atomic E-state index is 12.5. The molecule has 1 saturated heterocycles. The molecule has 0 atom stereocenters. The highest BCUT2D eigenvalue weighted by Gasteiger charge is 2.32. The van der Waals surface area contributed by atoms with E-state index in [0.29, 0.717) is 18.1 Å². The molecule has 2 rings (SSSR count). The SMILES string of the molecule is CCC1(C)CCN(C(=O)c2cc(Cl)ccc2[N+](=O)[O-])CC1. The molecule has 0 aliphatic carbocycles. The van der Waals surface area contributed by atoms with Crippen molar-refractivity contribution in [1.29, 1.82) is 0 Å². The van der Waals surface area contributed by atoms with Gasteiger partial charge in [-0.3, -0.25) is 14.9 Å². The first-order valence-corrected chi connectivity index (χ1v) is 7.47. The summed E-state index contributed by atoms with van der Waals surface area (Å²) in [4.78, 5) is 24.8. The molecule has 5 nitrogen and oxygen atoms in total. The number of halogens is 1. The standard InChI is InChI=1S/C15H19ClN2O3/c1-3-15(2)6-8-17(9-7-15)14(19)12-10-11(16)4-5-13(12)18(20)21/h4-5,10H,3,6-9H2,1-2H3. The van der Waals surface area contributed by atoms with E-state index >= 15 is 0 Å². The van der Waals surface area contributed by atoms with Crippen molar-refractivity contribution in [3.63, 3.8) is 0 Å². The predicted octanol–water partition coefficient (Wildman–Crippen LogP) is 3.90. The summed E-state index contributed by atoms with van der Waals surface area (Å²) in [7, 11) is 0. The van der Waals surface area contributed by atoms with E-state index in [1.165, 1.54) is 18.2 Å². The van der Waals surface area contributed by atoms with Crippen LogP contribution in [0.5, 0.6) is 0 Å². The number of piperidine rings is 1. The molecule has 1 amide bonds. The number of carbonyl (C=O) groups excluding carboxylic acids is 1. The zero-order chi connectivity index (χ0) is 15.6. The lowest BCUT2D eigenvalue weighted by Gasteiger charge is -2.38.